The minimum Gasteiger partial charge on any atom is -0.305 e. The number of hydrogen-bond donors (Lipinski definition) is 1. The molecule has 0 amide bonds. The molecular formula is C15H26N2S. The summed E-state index contributed by atoms with van der Waals surface area (Å²) in [4.78, 5) is 4.87. The first kappa shape index (κ1) is 14.0. The third-order valence-corrected chi connectivity index (χ3v) is 4.27. The highest BCUT2D eigenvalue weighted by molar-refractivity contribution is 7.09. The van der Waals surface area contributed by atoms with Crippen molar-refractivity contribution >= 4 is 11.3 Å². The van der Waals surface area contributed by atoms with Crippen molar-refractivity contribution in [2.24, 2.45) is 5.92 Å². The van der Waals surface area contributed by atoms with Crippen LogP contribution in [0.3, 0.4) is 0 Å². The lowest BCUT2D eigenvalue weighted by Gasteiger charge is -2.19. The Morgan fingerprint density at radius 2 is 2.06 bits per heavy atom. The van der Waals surface area contributed by atoms with Crippen LogP contribution in [0.15, 0.2) is 5.38 Å². The van der Waals surface area contributed by atoms with Gasteiger partial charge in [-0.05, 0) is 25.2 Å². The van der Waals surface area contributed by atoms with E-state index in [0.717, 1.165) is 6.04 Å². The summed E-state index contributed by atoms with van der Waals surface area (Å²) in [5, 5.41) is 7.26. The van der Waals surface area contributed by atoms with Gasteiger partial charge in [-0.2, -0.15) is 0 Å². The lowest BCUT2D eigenvalue weighted by molar-refractivity contribution is 0.424. The Morgan fingerprint density at radius 3 is 2.50 bits per heavy atom. The lowest BCUT2D eigenvalue weighted by atomic mass is 9.93. The lowest BCUT2D eigenvalue weighted by Crippen LogP contribution is -2.25. The van der Waals surface area contributed by atoms with Gasteiger partial charge >= 0.3 is 0 Å². The van der Waals surface area contributed by atoms with Crippen LogP contribution in [0.2, 0.25) is 0 Å². The van der Waals surface area contributed by atoms with E-state index in [9.17, 15) is 0 Å². The van der Waals surface area contributed by atoms with Gasteiger partial charge in [0.05, 0.1) is 11.7 Å². The van der Waals surface area contributed by atoms with Crippen LogP contribution in [0.5, 0.6) is 0 Å². The van der Waals surface area contributed by atoms with Crippen LogP contribution >= 0.6 is 11.3 Å². The third kappa shape index (κ3) is 3.79. The Hall–Kier alpha value is -0.410. The molecule has 0 radical (unpaired) electrons. The molecule has 1 fully saturated rings. The Balaban J connectivity index is 2.11. The van der Waals surface area contributed by atoms with E-state index in [1.807, 2.05) is 11.3 Å². The largest absolute Gasteiger partial charge is 0.305 e. The Labute approximate surface area is 115 Å². The van der Waals surface area contributed by atoms with Crippen LogP contribution in [0.4, 0.5) is 0 Å². The highest BCUT2D eigenvalue weighted by Gasteiger charge is 2.28. The summed E-state index contributed by atoms with van der Waals surface area (Å²) in [5.74, 6) is 0.711. The maximum absolute atomic E-state index is 4.87. The summed E-state index contributed by atoms with van der Waals surface area (Å²) in [6, 6.07) is 1.20. The summed E-state index contributed by atoms with van der Waals surface area (Å²) in [7, 11) is 0. The average molecular weight is 266 g/mol. The second-order valence-electron chi connectivity index (χ2n) is 6.94. The summed E-state index contributed by atoms with van der Waals surface area (Å²) < 4.78 is 0. The molecule has 3 heteroatoms. The highest BCUT2D eigenvalue weighted by Crippen LogP contribution is 2.32. The maximum atomic E-state index is 4.87. The topological polar surface area (TPSA) is 24.9 Å². The first-order valence-corrected chi connectivity index (χ1v) is 7.96. The van der Waals surface area contributed by atoms with Gasteiger partial charge in [-0.3, -0.25) is 0 Å². The molecule has 1 aliphatic rings. The molecule has 1 atom stereocenters. The van der Waals surface area contributed by atoms with Gasteiger partial charge in [0.25, 0.3) is 0 Å². The van der Waals surface area contributed by atoms with Crippen LogP contribution in [0, 0.1) is 5.92 Å². The molecule has 1 aliphatic carbocycles. The van der Waals surface area contributed by atoms with Crippen molar-refractivity contribution in [3.8, 4) is 0 Å². The van der Waals surface area contributed by atoms with Crippen molar-refractivity contribution in [3.05, 3.63) is 16.1 Å². The molecule has 2 rings (SSSR count). The second kappa shape index (κ2) is 5.30. The molecule has 1 N–H and O–H groups in total. The van der Waals surface area contributed by atoms with Crippen molar-refractivity contribution in [2.45, 2.75) is 71.4 Å². The standard InChI is InChI=1S/C15H26N2S/c1-10(2)8-12(16-11-6-7-11)14-17-13(9-18-14)15(3,4)5/h9-12,16H,6-8H2,1-5H3. The van der Waals surface area contributed by atoms with Gasteiger partial charge in [0.2, 0.25) is 0 Å². The summed E-state index contributed by atoms with van der Waals surface area (Å²) in [6.45, 7) is 11.3. The molecule has 1 aromatic heterocycles. The van der Waals surface area contributed by atoms with E-state index in [-0.39, 0.29) is 5.41 Å². The molecule has 0 spiro atoms. The van der Waals surface area contributed by atoms with E-state index in [1.54, 1.807) is 0 Å². The number of nitrogens with zero attached hydrogens (tertiary/aromatic N) is 1. The van der Waals surface area contributed by atoms with Gasteiger partial charge in [0.1, 0.15) is 5.01 Å². The predicted molar refractivity (Wildman–Crippen MR) is 79.2 cm³/mol. The molecule has 0 aliphatic heterocycles. The Bertz CT molecular complexity index is 381. The summed E-state index contributed by atoms with van der Waals surface area (Å²) in [6.07, 6.45) is 3.87. The smallest absolute Gasteiger partial charge is 0.110 e. The fraction of sp³-hybridized carbons (Fsp3) is 0.800. The Morgan fingerprint density at radius 1 is 1.39 bits per heavy atom. The van der Waals surface area contributed by atoms with Crippen molar-refractivity contribution in [1.29, 1.82) is 0 Å². The van der Waals surface area contributed by atoms with E-state index in [0.29, 0.717) is 12.0 Å². The fourth-order valence-corrected chi connectivity index (χ4v) is 3.16. The molecule has 1 saturated carbocycles. The molecule has 0 aromatic carbocycles. The predicted octanol–water partition coefficient (Wildman–Crippen LogP) is 4.28. The van der Waals surface area contributed by atoms with Gasteiger partial charge in [-0.1, -0.05) is 34.6 Å². The van der Waals surface area contributed by atoms with Crippen LogP contribution in [0.1, 0.15) is 70.6 Å². The fourth-order valence-electron chi connectivity index (χ4n) is 2.04. The van der Waals surface area contributed by atoms with E-state index in [4.69, 9.17) is 4.98 Å². The van der Waals surface area contributed by atoms with Gasteiger partial charge in [0, 0.05) is 16.8 Å². The van der Waals surface area contributed by atoms with E-state index < -0.39 is 0 Å². The minimum absolute atomic E-state index is 0.163. The molecule has 18 heavy (non-hydrogen) atoms. The first-order valence-electron chi connectivity index (χ1n) is 7.08. The SMILES string of the molecule is CC(C)CC(NC1CC1)c1nc(C(C)(C)C)cs1. The number of rotatable bonds is 5. The number of nitrogens with one attached hydrogen (secondary N) is 1. The second-order valence-corrected chi connectivity index (χ2v) is 7.83. The van der Waals surface area contributed by atoms with E-state index in [1.165, 1.54) is 30.0 Å². The molecule has 2 nitrogen and oxygen atoms in total. The van der Waals surface area contributed by atoms with Crippen LogP contribution in [0.25, 0.3) is 0 Å². The van der Waals surface area contributed by atoms with E-state index >= 15 is 0 Å². The molecule has 1 heterocycles. The minimum atomic E-state index is 0.163. The summed E-state index contributed by atoms with van der Waals surface area (Å²) in [5.41, 5.74) is 1.39. The van der Waals surface area contributed by atoms with Crippen molar-refractivity contribution in [2.75, 3.05) is 0 Å². The quantitative estimate of drug-likeness (QED) is 0.860. The van der Waals surface area contributed by atoms with Gasteiger partial charge in [-0.25, -0.2) is 4.98 Å². The summed E-state index contributed by atoms with van der Waals surface area (Å²) >= 11 is 1.82. The molecule has 0 saturated heterocycles. The molecule has 102 valence electrons. The molecule has 1 unspecified atom stereocenters. The van der Waals surface area contributed by atoms with E-state index in [2.05, 4.69) is 45.3 Å². The molecular weight excluding hydrogens is 240 g/mol. The highest BCUT2D eigenvalue weighted by atomic mass is 32.1. The zero-order valence-electron chi connectivity index (χ0n) is 12.3. The third-order valence-electron chi connectivity index (χ3n) is 3.31. The monoisotopic (exact) mass is 266 g/mol. The van der Waals surface area contributed by atoms with Crippen LogP contribution in [-0.4, -0.2) is 11.0 Å². The van der Waals surface area contributed by atoms with Crippen LogP contribution < -0.4 is 5.32 Å². The van der Waals surface area contributed by atoms with Crippen molar-refractivity contribution < 1.29 is 0 Å². The normalized spacial score (nSPS) is 18.3. The first-order chi connectivity index (χ1) is 8.36. The van der Waals surface area contributed by atoms with Crippen LogP contribution in [-0.2, 0) is 5.41 Å². The molecule has 0 bridgehead atoms. The maximum Gasteiger partial charge on any atom is 0.110 e. The number of hydrogen-bond acceptors (Lipinski definition) is 3. The van der Waals surface area contributed by atoms with Gasteiger partial charge in [-0.15, -0.1) is 11.3 Å². The number of thiazole rings is 1. The average Bonchev–Trinajstić information content (AvgIpc) is 2.90. The van der Waals surface area contributed by atoms with Gasteiger partial charge in [0.15, 0.2) is 0 Å². The van der Waals surface area contributed by atoms with Crippen molar-refractivity contribution in [3.63, 3.8) is 0 Å². The number of aromatic nitrogens is 1. The zero-order chi connectivity index (χ0) is 13.3. The zero-order valence-corrected chi connectivity index (χ0v) is 13.1. The van der Waals surface area contributed by atoms with Gasteiger partial charge < -0.3 is 5.32 Å². The Kier molecular flexibility index (Phi) is 4.12. The van der Waals surface area contributed by atoms with Crippen molar-refractivity contribution in [1.82, 2.24) is 10.3 Å². The molecule has 1 aromatic rings.